The average Bonchev–Trinajstić information content (AvgIpc) is 2.81. The molecule has 1 aliphatic rings. The molecular formula is C14H14N4O. The van der Waals surface area contributed by atoms with Crippen molar-refractivity contribution in [2.75, 3.05) is 0 Å². The van der Waals surface area contributed by atoms with Crippen molar-refractivity contribution in [3.05, 3.63) is 46.7 Å². The Balaban J connectivity index is 2.17. The molecule has 0 radical (unpaired) electrons. The van der Waals surface area contributed by atoms with Crippen LogP contribution in [0.3, 0.4) is 0 Å². The summed E-state index contributed by atoms with van der Waals surface area (Å²) in [5.74, 6) is 1.34. The Bertz CT molecular complexity index is 705. The standard InChI is InChI=1S/C14H14N4O/c1-8-5-4-6-9(2)12(8)16-13-11(19)7-18-14(13)15-10(3)17-18/h4-7,19H,1-3H3. The van der Waals surface area contributed by atoms with Crippen molar-refractivity contribution < 1.29 is 5.11 Å². The van der Waals surface area contributed by atoms with Crippen LogP contribution in [0.25, 0.3) is 6.20 Å². The third-order valence-electron chi connectivity index (χ3n) is 3.10. The number of nitrogens with zero attached hydrogens (tertiary/aromatic N) is 4. The van der Waals surface area contributed by atoms with Gasteiger partial charge in [0.25, 0.3) is 0 Å². The van der Waals surface area contributed by atoms with Gasteiger partial charge in [0.2, 0.25) is 0 Å². The highest BCUT2D eigenvalue weighted by Gasteiger charge is 2.24. The van der Waals surface area contributed by atoms with Gasteiger partial charge in [0.15, 0.2) is 17.3 Å². The van der Waals surface area contributed by atoms with Crippen LogP contribution in [0.5, 0.6) is 0 Å². The summed E-state index contributed by atoms with van der Waals surface area (Å²) in [4.78, 5) is 8.86. The summed E-state index contributed by atoms with van der Waals surface area (Å²) in [7, 11) is 0. The average molecular weight is 254 g/mol. The minimum atomic E-state index is 0.0950. The van der Waals surface area contributed by atoms with E-state index in [0.29, 0.717) is 17.4 Å². The summed E-state index contributed by atoms with van der Waals surface area (Å²) >= 11 is 0. The number of aliphatic hydroxyl groups excluding tert-OH is 1. The molecule has 1 aromatic heterocycles. The number of aliphatic hydroxyl groups is 1. The predicted molar refractivity (Wildman–Crippen MR) is 73.8 cm³/mol. The van der Waals surface area contributed by atoms with Gasteiger partial charge < -0.3 is 5.11 Å². The third-order valence-corrected chi connectivity index (χ3v) is 3.10. The fourth-order valence-corrected chi connectivity index (χ4v) is 2.17. The number of fused-ring (bicyclic) bond motifs is 1. The highest BCUT2D eigenvalue weighted by molar-refractivity contribution is 6.14. The van der Waals surface area contributed by atoms with Crippen molar-refractivity contribution in [2.45, 2.75) is 20.8 Å². The molecule has 5 nitrogen and oxygen atoms in total. The Kier molecular flexibility index (Phi) is 2.48. The van der Waals surface area contributed by atoms with Crippen molar-refractivity contribution in [2.24, 2.45) is 4.99 Å². The molecule has 0 unspecified atom stereocenters. The summed E-state index contributed by atoms with van der Waals surface area (Å²) in [5, 5.41) is 14.1. The van der Waals surface area contributed by atoms with Crippen LogP contribution < -0.4 is 0 Å². The van der Waals surface area contributed by atoms with E-state index in [4.69, 9.17) is 0 Å². The first-order chi connectivity index (χ1) is 9.06. The van der Waals surface area contributed by atoms with E-state index in [2.05, 4.69) is 15.1 Å². The molecule has 0 saturated heterocycles. The molecule has 0 amide bonds. The smallest absolute Gasteiger partial charge is 0.185 e. The number of benzene rings is 1. The van der Waals surface area contributed by atoms with E-state index in [-0.39, 0.29) is 5.76 Å². The summed E-state index contributed by atoms with van der Waals surface area (Å²) in [5.41, 5.74) is 3.47. The van der Waals surface area contributed by atoms with Gasteiger partial charge in [-0.3, -0.25) is 0 Å². The molecule has 5 heteroatoms. The summed E-state index contributed by atoms with van der Waals surface area (Å²) < 4.78 is 1.55. The predicted octanol–water partition coefficient (Wildman–Crippen LogP) is 2.69. The second kappa shape index (κ2) is 4.05. The molecule has 1 aromatic carbocycles. The van der Waals surface area contributed by atoms with Crippen molar-refractivity contribution in [3.8, 4) is 0 Å². The maximum atomic E-state index is 9.96. The minimum absolute atomic E-state index is 0.0950. The van der Waals surface area contributed by atoms with Crippen LogP contribution in [0.1, 0.15) is 22.8 Å². The fraction of sp³-hybridized carbons (Fsp3) is 0.214. The van der Waals surface area contributed by atoms with Crippen LogP contribution in [-0.4, -0.2) is 25.6 Å². The first-order valence-corrected chi connectivity index (χ1v) is 6.06. The van der Waals surface area contributed by atoms with Crippen molar-refractivity contribution >= 4 is 17.6 Å². The number of aliphatic imine (C=N–C) groups is 1. The van der Waals surface area contributed by atoms with Gasteiger partial charge in [0.05, 0.1) is 11.9 Å². The number of rotatable bonds is 1. The summed E-state index contributed by atoms with van der Waals surface area (Å²) in [6.45, 7) is 5.81. The molecule has 2 heterocycles. The van der Waals surface area contributed by atoms with Crippen molar-refractivity contribution in [1.82, 2.24) is 14.8 Å². The van der Waals surface area contributed by atoms with Crippen LogP contribution in [0, 0.1) is 20.8 Å². The zero-order valence-electron chi connectivity index (χ0n) is 11.0. The summed E-state index contributed by atoms with van der Waals surface area (Å²) in [6.07, 6.45) is 1.53. The molecule has 0 bridgehead atoms. The maximum absolute atomic E-state index is 9.96. The molecule has 0 aliphatic carbocycles. The topological polar surface area (TPSA) is 63.3 Å². The first kappa shape index (κ1) is 11.6. The zero-order chi connectivity index (χ0) is 13.6. The fourth-order valence-electron chi connectivity index (χ4n) is 2.17. The molecule has 96 valence electrons. The number of para-hydroxylation sites is 1. The maximum Gasteiger partial charge on any atom is 0.185 e. The van der Waals surface area contributed by atoms with Gasteiger partial charge in [-0.2, -0.15) is 5.10 Å². The zero-order valence-corrected chi connectivity index (χ0v) is 11.0. The number of aromatic nitrogens is 3. The Morgan fingerprint density at radius 3 is 2.53 bits per heavy atom. The lowest BCUT2D eigenvalue weighted by atomic mass is 10.1. The number of aryl methyl sites for hydroxylation is 3. The van der Waals surface area contributed by atoms with Crippen LogP contribution in [-0.2, 0) is 0 Å². The Morgan fingerprint density at radius 2 is 1.84 bits per heavy atom. The number of hydrogen-bond acceptors (Lipinski definition) is 4. The largest absolute Gasteiger partial charge is 0.504 e. The van der Waals surface area contributed by atoms with Gasteiger partial charge >= 0.3 is 0 Å². The van der Waals surface area contributed by atoms with Crippen molar-refractivity contribution in [1.29, 1.82) is 0 Å². The molecule has 2 aromatic rings. The van der Waals surface area contributed by atoms with E-state index >= 15 is 0 Å². The molecule has 19 heavy (non-hydrogen) atoms. The number of hydrogen-bond donors (Lipinski definition) is 1. The second-order valence-corrected chi connectivity index (χ2v) is 4.64. The van der Waals surface area contributed by atoms with E-state index in [9.17, 15) is 5.11 Å². The highest BCUT2D eigenvalue weighted by Crippen LogP contribution is 2.26. The SMILES string of the molecule is Cc1nc2n(n1)C=C(O)C2=Nc1c(C)cccc1C. The van der Waals surface area contributed by atoms with Gasteiger partial charge in [0, 0.05) is 0 Å². The molecule has 1 aliphatic heterocycles. The highest BCUT2D eigenvalue weighted by atomic mass is 16.3. The molecule has 0 saturated carbocycles. The van der Waals surface area contributed by atoms with Gasteiger partial charge in [-0.25, -0.2) is 14.7 Å². The molecule has 0 spiro atoms. The van der Waals surface area contributed by atoms with E-state index in [1.807, 2.05) is 39.0 Å². The second-order valence-electron chi connectivity index (χ2n) is 4.64. The monoisotopic (exact) mass is 254 g/mol. The van der Waals surface area contributed by atoms with Gasteiger partial charge in [0.1, 0.15) is 5.82 Å². The molecule has 1 N–H and O–H groups in total. The Labute approximate surface area is 110 Å². The third kappa shape index (κ3) is 1.83. The van der Waals surface area contributed by atoms with Crippen LogP contribution in [0.4, 0.5) is 5.69 Å². The lowest BCUT2D eigenvalue weighted by molar-refractivity contribution is 0.448. The van der Waals surface area contributed by atoms with Crippen molar-refractivity contribution in [3.63, 3.8) is 0 Å². The van der Waals surface area contributed by atoms with E-state index in [1.54, 1.807) is 4.68 Å². The quantitative estimate of drug-likeness (QED) is 0.851. The Hall–Kier alpha value is -2.43. The van der Waals surface area contributed by atoms with Gasteiger partial charge in [-0.05, 0) is 31.9 Å². The molecule has 0 fully saturated rings. The molecular weight excluding hydrogens is 240 g/mol. The van der Waals surface area contributed by atoms with Crippen LogP contribution in [0.15, 0.2) is 29.0 Å². The van der Waals surface area contributed by atoms with Crippen LogP contribution in [0.2, 0.25) is 0 Å². The minimum Gasteiger partial charge on any atom is -0.504 e. The van der Waals surface area contributed by atoms with E-state index in [1.165, 1.54) is 6.20 Å². The lowest BCUT2D eigenvalue weighted by Gasteiger charge is -2.05. The molecule has 3 rings (SSSR count). The first-order valence-electron chi connectivity index (χ1n) is 6.06. The van der Waals surface area contributed by atoms with Gasteiger partial charge in [-0.1, -0.05) is 18.2 Å². The van der Waals surface area contributed by atoms with E-state index in [0.717, 1.165) is 16.8 Å². The normalized spacial score (nSPS) is 15.7. The number of allylic oxidation sites excluding steroid dienone is 1. The lowest BCUT2D eigenvalue weighted by Crippen LogP contribution is -2.03. The molecule has 0 atom stereocenters. The van der Waals surface area contributed by atoms with E-state index < -0.39 is 0 Å². The van der Waals surface area contributed by atoms with Gasteiger partial charge in [-0.15, -0.1) is 0 Å². The van der Waals surface area contributed by atoms with Crippen LogP contribution >= 0.6 is 0 Å². The summed E-state index contributed by atoms with van der Waals surface area (Å²) in [6, 6.07) is 5.99. The Morgan fingerprint density at radius 1 is 1.16 bits per heavy atom.